The number of hydrogen-bond donors (Lipinski definition) is 1. The van der Waals surface area contributed by atoms with Gasteiger partial charge in [0.25, 0.3) is 5.91 Å². The van der Waals surface area contributed by atoms with Crippen molar-refractivity contribution >= 4 is 40.8 Å². The van der Waals surface area contributed by atoms with E-state index in [1.165, 1.54) is 0 Å². The van der Waals surface area contributed by atoms with Crippen LogP contribution in [0.4, 0.5) is 0 Å². The van der Waals surface area contributed by atoms with E-state index >= 15 is 0 Å². The van der Waals surface area contributed by atoms with Crippen LogP contribution in [0.5, 0.6) is 0 Å². The Labute approximate surface area is 77.7 Å². The maximum absolute atomic E-state index is 10.9. The lowest BCUT2D eigenvalue weighted by Crippen LogP contribution is -2.38. The van der Waals surface area contributed by atoms with Crippen LogP contribution in [0.1, 0.15) is 0 Å². The monoisotopic (exact) mass is 210 g/mol. The van der Waals surface area contributed by atoms with E-state index in [1.807, 2.05) is 5.43 Å². The molecule has 1 N–H and O–H groups in total. The minimum atomic E-state index is -1.94. The lowest BCUT2D eigenvalue weighted by atomic mass is 10.2. The Morgan fingerprint density at radius 2 is 2.25 bits per heavy atom. The van der Waals surface area contributed by atoms with Gasteiger partial charge in [0.15, 0.2) is 5.71 Å². The molecule has 0 unspecified atom stereocenters. The smallest absolute Gasteiger partial charge is 0.358 e. The first-order valence-electron chi connectivity index (χ1n) is 2.85. The Hall–Kier alpha value is -0.810. The van der Waals surface area contributed by atoms with E-state index in [-0.39, 0.29) is 5.71 Å². The maximum atomic E-state index is 10.9. The highest BCUT2D eigenvalue weighted by Gasteiger charge is 2.48. The zero-order valence-electron chi connectivity index (χ0n) is 5.93. The molecule has 0 aromatic carbocycles. The van der Waals surface area contributed by atoms with Crippen LogP contribution in [0.25, 0.3) is 0 Å². The minimum Gasteiger partial charge on any atom is -0.464 e. The second-order valence-corrected chi connectivity index (χ2v) is 3.29. The molecule has 7 heteroatoms. The number of halogens is 2. The molecule has 0 aromatic rings. The number of nitrogens with zero attached hydrogens (tertiary/aromatic N) is 1. The summed E-state index contributed by atoms with van der Waals surface area (Å²) in [5, 5.41) is 3.32. The number of hydrogen-bond acceptors (Lipinski definition) is 4. The normalized spacial score (nSPS) is 19.9. The largest absolute Gasteiger partial charge is 0.464 e. The van der Waals surface area contributed by atoms with Crippen molar-refractivity contribution in [2.75, 3.05) is 7.11 Å². The zero-order valence-corrected chi connectivity index (χ0v) is 7.44. The number of alkyl halides is 2. The van der Waals surface area contributed by atoms with Gasteiger partial charge in [0.1, 0.15) is 0 Å². The van der Waals surface area contributed by atoms with Crippen LogP contribution in [0.3, 0.4) is 0 Å². The van der Waals surface area contributed by atoms with Crippen LogP contribution in [0.15, 0.2) is 5.10 Å². The summed E-state index contributed by atoms with van der Waals surface area (Å²) >= 11 is 11.0. The summed E-state index contributed by atoms with van der Waals surface area (Å²) in [4.78, 5) is 21.7. The van der Waals surface area contributed by atoms with E-state index in [0.717, 1.165) is 7.11 Å². The Bertz CT molecular complexity index is 274. The molecular formula is C5H4Cl2N2O3. The lowest BCUT2D eigenvalue weighted by molar-refractivity contribution is -0.133. The molecule has 0 bridgehead atoms. The first-order valence-corrected chi connectivity index (χ1v) is 3.60. The van der Waals surface area contributed by atoms with Crippen molar-refractivity contribution in [3.05, 3.63) is 0 Å². The average Bonchev–Trinajstić information content (AvgIpc) is 2.27. The molecule has 0 saturated heterocycles. The topological polar surface area (TPSA) is 67.8 Å². The van der Waals surface area contributed by atoms with Crippen molar-refractivity contribution in [3.8, 4) is 0 Å². The van der Waals surface area contributed by atoms with Gasteiger partial charge in [-0.3, -0.25) is 4.79 Å². The predicted molar refractivity (Wildman–Crippen MR) is 42.0 cm³/mol. The number of rotatable bonds is 1. The van der Waals surface area contributed by atoms with Crippen molar-refractivity contribution in [1.82, 2.24) is 5.43 Å². The number of carbonyl (C=O) groups is 2. The van der Waals surface area contributed by atoms with E-state index in [0.29, 0.717) is 0 Å². The van der Waals surface area contributed by atoms with Gasteiger partial charge in [-0.15, -0.1) is 0 Å². The predicted octanol–water partition coefficient (Wildman–Crippen LogP) is -0.181. The molecule has 5 nitrogen and oxygen atoms in total. The Morgan fingerprint density at radius 1 is 1.67 bits per heavy atom. The van der Waals surface area contributed by atoms with E-state index < -0.39 is 16.2 Å². The quantitative estimate of drug-likeness (QED) is 0.483. The summed E-state index contributed by atoms with van der Waals surface area (Å²) in [6.45, 7) is 0. The second kappa shape index (κ2) is 2.91. The number of ether oxygens (including phenoxy) is 1. The Kier molecular flexibility index (Phi) is 2.25. The molecule has 1 amide bonds. The third-order valence-electron chi connectivity index (χ3n) is 1.23. The highest BCUT2D eigenvalue weighted by atomic mass is 35.5. The van der Waals surface area contributed by atoms with E-state index in [2.05, 4.69) is 9.84 Å². The third-order valence-corrected chi connectivity index (χ3v) is 1.93. The second-order valence-electron chi connectivity index (χ2n) is 1.97. The standard InChI is InChI=1S/C5H4Cl2N2O3/c1-12-3(10)2-5(6,7)4(11)9-8-2/h1H3,(H,9,11). The van der Waals surface area contributed by atoms with Gasteiger partial charge in [-0.25, -0.2) is 10.2 Å². The number of amides is 1. The molecule has 66 valence electrons. The fourth-order valence-corrected chi connectivity index (χ4v) is 0.948. The third kappa shape index (κ3) is 1.25. The molecular weight excluding hydrogens is 207 g/mol. The SMILES string of the molecule is COC(=O)C1=NNC(=O)C1(Cl)Cl. The Morgan fingerprint density at radius 3 is 2.58 bits per heavy atom. The van der Waals surface area contributed by atoms with Crippen molar-refractivity contribution in [1.29, 1.82) is 0 Å². The summed E-state index contributed by atoms with van der Waals surface area (Å²) in [6.07, 6.45) is 0. The van der Waals surface area contributed by atoms with Gasteiger partial charge in [-0.2, -0.15) is 5.10 Å². The molecule has 1 heterocycles. The molecule has 1 aliphatic rings. The Balaban J connectivity index is 2.94. The number of nitrogens with one attached hydrogen (secondary N) is 1. The van der Waals surface area contributed by atoms with Crippen LogP contribution in [-0.4, -0.2) is 29.0 Å². The molecule has 0 fully saturated rings. The average molecular weight is 211 g/mol. The van der Waals surface area contributed by atoms with Crippen LogP contribution >= 0.6 is 23.2 Å². The van der Waals surface area contributed by atoms with Crippen LogP contribution in [-0.2, 0) is 14.3 Å². The summed E-state index contributed by atoms with van der Waals surface area (Å²) in [5.74, 6) is -1.59. The first kappa shape index (κ1) is 9.28. The maximum Gasteiger partial charge on any atom is 0.358 e. The molecule has 0 aromatic heterocycles. The van der Waals surface area contributed by atoms with Gasteiger partial charge in [-0.1, -0.05) is 23.2 Å². The number of hydrazone groups is 1. The first-order chi connectivity index (χ1) is 5.50. The minimum absolute atomic E-state index is 0.349. The summed E-state index contributed by atoms with van der Waals surface area (Å²) in [7, 11) is 1.14. The van der Waals surface area contributed by atoms with Crippen molar-refractivity contribution in [2.45, 2.75) is 4.33 Å². The van der Waals surface area contributed by atoms with Gasteiger partial charge in [0.2, 0.25) is 4.33 Å². The number of esters is 1. The van der Waals surface area contributed by atoms with Crippen LogP contribution in [0.2, 0.25) is 0 Å². The summed E-state index contributed by atoms with van der Waals surface area (Å²) < 4.78 is 2.35. The van der Waals surface area contributed by atoms with Crippen LogP contribution in [0, 0.1) is 0 Å². The summed E-state index contributed by atoms with van der Waals surface area (Å²) in [5.41, 5.74) is 1.61. The van der Waals surface area contributed by atoms with Crippen LogP contribution < -0.4 is 5.43 Å². The van der Waals surface area contributed by atoms with Crippen molar-refractivity contribution < 1.29 is 14.3 Å². The number of methoxy groups -OCH3 is 1. The zero-order chi connectivity index (χ0) is 9.35. The lowest BCUT2D eigenvalue weighted by Gasteiger charge is -2.08. The van der Waals surface area contributed by atoms with Gasteiger partial charge in [0, 0.05) is 0 Å². The fraction of sp³-hybridized carbons (Fsp3) is 0.400. The van der Waals surface area contributed by atoms with Gasteiger partial charge in [0.05, 0.1) is 7.11 Å². The van der Waals surface area contributed by atoms with E-state index in [1.54, 1.807) is 0 Å². The van der Waals surface area contributed by atoms with E-state index in [9.17, 15) is 9.59 Å². The van der Waals surface area contributed by atoms with Gasteiger partial charge < -0.3 is 4.74 Å². The van der Waals surface area contributed by atoms with Crippen molar-refractivity contribution in [2.24, 2.45) is 5.10 Å². The summed E-state index contributed by atoms with van der Waals surface area (Å²) in [6, 6.07) is 0. The molecule has 0 atom stereocenters. The van der Waals surface area contributed by atoms with E-state index in [4.69, 9.17) is 23.2 Å². The molecule has 0 aliphatic carbocycles. The van der Waals surface area contributed by atoms with Gasteiger partial charge >= 0.3 is 5.97 Å². The highest BCUT2D eigenvalue weighted by molar-refractivity contribution is 6.76. The molecule has 12 heavy (non-hydrogen) atoms. The molecule has 1 rings (SSSR count). The molecule has 0 saturated carbocycles. The van der Waals surface area contributed by atoms with Gasteiger partial charge in [-0.05, 0) is 0 Å². The molecule has 0 radical (unpaired) electrons. The van der Waals surface area contributed by atoms with Crippen molar-refractivity contribution in [3.63, 3.8) is 0 Å². The molecule has 1 aliphatic heterocycles. The fourth-order valence-electron chi connectivity index (χ4n) is 0.625. The number of carbonyl (C=O) groups excluding carboxylic acids is 2. The highest BCUT2D eigenvalue weighted by Crippen LogP contribution is 2.27. The molecule has 0 spiro atoms.